The Balaban J connectivity index is 1.96. The number of aliphatic hydroxyl groups is 1. The number of aliphatic hydroxyl groups excluding tert-OH is 1. The van der Waals surface area contributed by atoms with Gasteiger partial charge < -0.3 is 14.3 Å². The van der Waals surface area contributed by atoms with Gasteiger partial charge in [-0.05, 0) is 47.3 Å². The summed E-state index contributed by atoms with van der Waals surface area (Å²) in [5.74, 6) is -0.360. The van der Waals surface area contributed by atoms with Crippen molar-refractivity contribution < 1.29 is 19.1 Å². The van der Waals surface area contributed by atoms with E-state index < -0.39 is 18.2 Å². The number of hydrogen-bond donors (Lipinski definition) is 1. The average Bonchev–Trinajstić information content (AvgIpc) is 2.68. The largest absolute Gasteiger partial charge is 0.454 e. The number of ether oxygens (including phenoxy) is 1. The van der Waals surface area contributed by atoms with Gasteiger partial charge in [0.2, 0.25) is 5.76 Å². The average molecular weight is 289 g/mol. The molecule has 0 aliphatic heterocycles. The molecule has 4 nitrogen and oxygen atoms in total. The highest BCUT2D eigenvalue weighted by atomic mass is 79.9. The first-order chi connectivity index (χ1) is 7.66. The zero-order valence-corrected chi connectivity index (χ0v) is 10.3. The second-order valence-corrected chi connectivity index (χ2v) is 4.68. The minimum Gasteiger partial charge on any atom is -0.454 e. The second kappa shape index (κ2) is 5.01. The van der Waals surface area contributed by atoms with E-state index in [1.54, 1.807) is 12.1 Å². The SMILES string of the molecule is O=C(O[C@@H]1CCCC[C@@H]1O)c1ccc(Br)o1. The van der Waals surface area contributed by atoms with Crippen LogP contribution in [0.25, 0.3) is 0 Å². The van der Waals surface area contributed by atoms with E-state index in [0.29, 0.717) is 11.1 Å². The summed E-state index contributed by atoms with van der Waals surface area (Å²) >= 11 is 3.11. The summed E-state index contributed by atoms with van der Waals surface area (Å²) in [5, 5.41) is 9.65. The summed E-state index contributed by atoms with van der Waals surface area (Å²) in [7, 11) is 0. The number of rotatable bonds is 2. The second-order valence-electron chi connectivity index (χ2n) is 3.90. The Hall–Kier alpha value is -0.810. The molecule has 1 aliphatic rings. The molecule has 1 aromatic rings. The van der Waals surface area contributed by atoms with Crippen LogP contribution in [0.1, 0.15) is 36.2 Å². The molecule has 1 saturated carbocycles. The van der Waals surface area contributed by atoms with Gasteiger partial charge in [0.1, 0.15) is 6.10 Å². The summed E-state index contributed by atoms with van der Waals surface area (Å²) in [6.07, 6.45) is 2.44. The lowest BCUT2D eigenvalue weighted by molar-refractivity contribution is -0.0380. The van der Waals surface area contributed by atoms with E-state index >= 15 is 0 Å². The van der Waals surface area contributed by atoms with Crippen molar-refractivity contribution in [3.63, 3.8) is 0 Å². The molecule has 2 rings (SSSR count). The van der Waals surface area contributed by atoms with Gasteiger partial charge in [0.05, 0.1) is 6.10 Å². The van der Waals surface area contributed by atoms with Crippen molar-refractivity contribution in [2.24, 2.45) is 0 Å². The molecule has 0 spiro atoms. The lowest BCUT2D eigenvalue weighted by atomic mass is 9.95. The Morgan fingerprint density at radius 3 is 2.81 bits per heavy atom. The lowest BCUT2D eigenvalue weighted by Crippen LogP contribution is -2.34. The van der Waals surface area contributed by atoms with E-state index in [2.05, 4.69) is 15.9 Å². The van der Waals surface area contributed by atoms with E-state index in [-0.39, 0.29) is 5.76 Å². The smallest absolute Gasteiger partial charge is 0.374 e. The topological polar surface area (TPSA) is 59.7 Å². The van der Waals surface area contributed by atoms with Crippen LogP contribution in [-0.4, -0.2) is 23.3 Å². The van der Waals surface area contributed by atoms with Crippen molar-refractivity contribution in [1.82, 2.24) is 0 Å². The number of hydrogen-bond acceptors (Lipinski definition) is 4. The Morgan fingerprint density at radius 1 is 1.44 bits per heavy atom. The van der Waals surface area contributed by atoms with Crippen molar-refractivity contribution >= 4 is 21.9 Å². The highest BCUT2D eigenvalue weighted by molar-refractivity contribution is 9.10. The van der Waals surface area contributed by atoms with E-state index in [1.807, 2.05) is 0 Å². The Labute approximate surface area is 102 Å². The van der Waals surface area contributed by atoms with Crippen LogP contribution in [0.3, 0.4) is 0 Å². The Morgan fingerprint density at radius 2 is 2.19 bits per heavy atom. The molecule has 1 N–H and O–H groups in total. The monoisotopic (exact) mass is 288 g/mol. The number of carbonyl (C=O) groups is 1. The number of halogens is 1. The van der Waals surface area contributed by atoms with Crippen molar-refractivity contribution in [3.05, 3.63) is 22.6 Å². The fourth-order valence-corrected chi connectivity index (χ4v) is 2.14. The maximum absolute atomic E-state index is 11.6. The van der Waals surface area contributed by atoms with E-state index in [1.165, 1.54) is 0 Å². The molecule has 88 valence electrons. The van der Waals surface area contributed by atoms with E-state index in [9.17, 15) is 9.90 Å². The summed E-state index contributed by atoms with van der Waals surface area (Å²) in [6, 6.07) is 3.18. The molecule has 0 saturated heterocycles. The fourth-order valence-electron chi connectivity index (χ4n) is 1.83. The molecule has 0 unspecified atom stereocenters. The van der Waals surface area contributed by atoms with Gasteiger partial charge in [-0.15, -0.1) is 0 Å². The Bertz CT molecular complexity index is 374. The minimum atomic E-state index is -0.545. The molecule has 1 heterocycles. The highest BCUT2D eigenvalue weighted by Gasteiger charge is 2.27. The quantitative estimate of drug-likeness (QED) is 0.850. The van der Waals surface area contributed by atoms with Gasteiger partial charge in [-0.3, -0.25) is 0 Å². The van der Waals surface area contributed by atoms with Crippen LogP contribution in [0.15, 0.2) is 21.2 Å². The van der Waals surface area contributed by atoms with Crippen LogP contribution in [0.4, 0.5) is 0 Å². The van der Waals surface area contributed by atoms with Crippen molar-refractivity contribution in [3.8, 4) is 0 Å². The summed E-state index contributed by atoms with van der Waals surface area (Å²) in [5.41, 5.74) is 0. The van der Waals surface area contributed by atoms with Gasteiger partial charge in [-0.2, -0.15) is 0 Å². The molecule has 1 fully saturated rings. The van der Waals surface area contributed by atoms with Crippen LogP contribution >= 0.6 is 15.9 Å². The molecule has 1 aliphatic carbocycles. The lowest BCUT2D eigenvalue weighted by Gasteiger charge is -2.26. The zero-order valence-electron chi connectivity index (χ0n) is 8.69. The van der Waals surface area contributed by atoms with E-state index in [4.69, 9.17) is 9.15 Å². The van der Waals surface area contributed by atoms with Gasteiger partial charge in [0.25, 0.3) is 0 Å². The molecule has 0 radical (unpaired) electrons. The number of carbonyl (C=O) groups excluding carboxylic acids is 1. The molecular weight excluding hydrogens is 276 g/mol. The van der Waals surface area contributed by atoms with Gasteiger partial charge >= 0.3 is 5.97 Å². The first kappa shape index (κ1) is 11.7. The molecular formula is C11H13BrO4. The van der Waals surface area contributed by atoms with Crippen LogP contribution < -0.4 is 0 Å². The highest BCUT2D eigenvalue weighted by Crippen LogP contribution is 2.23. The summed E-state index contributed by atoms with van der Waals surface area (Å²) in [6.45, 7) is 0. The molecule has 1 aromatic heterocycles. The number of esters is 1. The zero-order chi connectivity index (χ0) is 11.5. The third-order valence-electron chi connectivity index (χ3n) is 2.70. The predicted molar refractivity (Wildman–Crippen MR) is 60.1 cm³/mol. The van der Waals surface area contributed by atoms with Crippen molar-refractivity contribution in [2.45, 2.75) is 37.9 Å². The molecule has 2 atom stereocenters. The standard InChI is InChI=1S/C11H13BrO4/c12-10-6-5-9(15-10)11(14)16-8-4-2-1-3-7(8)13/h5-8,13H,1-4H2/t7-,8+/m0/s1. The first-order valence-corrected chi connectivity index (χ1v) is 6.10. The third kappa shape index (κ3) is 2.65. The van der Waals surface area contributed by atoms with Crippen LogP contribution in [0.5, 0.6) is 0 Å². The van der Waals surface area contributed by atoms with Gasteiger partial charge in [-0.25, -0.2) is 4.79 Å². The van der Waals surface area contributed by atoms with Crippen LogP contribution in [0.2, 0.25) is 0 Å². The van der Waals surface area contributed by atoms with Gasteiger partial charge in [0, 0.05) is 0 Å². The molecule has 0 amide bonds. The van der Waals surface area contributed by atoms with Gasteiger partial charge in [-0.1, -0.05) is 6.42 Å². The van der Waals surface area contributed by atoms with Crippen LogP contribution in [0, 0.1) is 0 Å². The normalized spacial score (nSPS) is 25.4. The molecule has 0 aromatic carbocycles. The molecule has 0 bridgehead atoms. The first-order valence-electron chi connectivity index (χ1n) is 5.31. The van der Waals surface area contributed by atoms with E-state index in [0.717, 1.165) is 19.3 Å². The molecule has 16 heavy (non-hydrogen) atoms. The van der Waals surface area contributed by atoms with Crippen molar-refractivity contribution in [1.29, 1.82) is 0 Å². The van der Waals surface area contributed by atoms with Crippen LogP contribution in [-0.2, 0) is 4.74 Å². The maximum atomic E-state index is 11.6. The summed E-state index contributed by atoms with van der Waals surface area (Å²) in [4.78, 5) is 11.6. The predicted octanol–water partition coefficient (Wildman–Crippen LogP) is 2.50. The van der Waals surface area contributed by atoms with Gasteiger partial charge in [0.15, 0.2) is 4.67 Å². The number of furan rings is 1. The Kier molecular flexibility index (Phi) is 3.66. The fraction of sp³-hybridized carbons (Fsp3) is 0.545. The third-order valence-corrected chi connectivity index (χ3v) is 3.13. The molecule has 5 heteroatoms. The van der Waals surface area contributed by atoms with Crippen molar-refractivity contribution in [2.75, 3.05) is 0 Å². The summed E-state index contributed by atoms with van der Waals surface area (Å²) < 4.78 is 10.8. The maximum Gasteiger partial charge on any atom is 0.374 e. The minimum absolute atomic E-state index is 0.157.